The Bertz CT molecular complexity index is 508. The maximum atomic E-state index is 11.7. The summed E-state index contributed by atoms with van der Waals surface area (Å²) in [4.78, 5) is 11.7. The summed E-state index contributed by atoms with van der Waals surface area (Å²) in [5, 5.41) is 5.84. The van der Waals surface area contributed by atoms with Crippen LogP contribution in [-0.2, 0) is 4.79 Å². The first-order chi connectivity index (χ1) is 9.79. The van der Waals surface area contributed by atoms with Crippen LogP contribution in [0.4, 0.5) is 5.69 Å². The lowest BCUT2D eigenvalue weighted by Crippen LogP contribution is -2.28. The molecule has 1 aliphatic rings. The second kappa shape index (κ2) is 7.41. The van der Waals surface area contributed by atoms with E-state index in [1.807, 2.05) is 0 Å². The van der Waals surface area contributed by atoms with E-state index in [9.17, 15) is 4.79 Å². The number of anilines is 1. The highest BCUT2D eigenvalue weighted by atomic mass is 16.6. The van der Waals surface area contributed by atoms with Gasteiger partial charge in [-0.05, 0) is 25.1 Å². The number of terminal acetylenes is 1. The molecule has 0 bridgehead atoms. The van der Waals surface area contributed by atoms with Gasteiger partial charge in [-0.2, -0.15) is 0 Å². The molecule has 2 N–H and O–H groups in total. The molecule has 1 aromatic rings. The maximum absolute atomic E-state index is 11.7. The Kier molecular flexibility index (Phi) is 5.27. The van der Waals surface area contributed by atoms with Gasteiger partial charge in [-0.15, -0.1) is 12.3 Å². The summed E-state index contributed by atoms with van der Waals surface area (Å²) in [6.45, 7) is 2.08. The largest absolute Gasteiger partial charge is 0.486 e. The lowest BCUT2D eigenvalue weighted by Gasteiger charge is -2.19. The first kappa shape index (κ1) is 14.2. The van der Waals surface area contributed by atoms with Crippen LogP contribution in [0, 0.1) is 12.3 Å². The van der Waals surface area contributed by atoms with E-state index in [0.29, 0.717) is 30.4 Å². The molecule has 0 aliphatic carbocycles. The monoisotopic (exact) mass is 274 g/mol. The molecule has 5 nitrogen and oxygen atoms in total. The van der Waals surface area contributed by atoms with Crippen molar-refractivity contribution in [2.24, 2.45) is 0 Å². The molecule has 0 fully saturated rings. The van der Waals surface area contributed by atoms with Crippen LogP contribution in [0.5, 0.6) is 11.5 Å². The van der Waals surface area contributed by atoms with E-state index in [2.05, 4.69) is 16.6 Å². The molecule has 20 heavy (non-hydrogen) atoms. The maximum Gasteiger partial charge on any atom is 0.238 e. The number of ether oxygens (including phenoxy) is 2. The van der Waals surface area contributed by atoms with Gasteiger partial charge < -0.3 is 20.1 Å². The minimum Gasteiger partial charge on any atom is -0.486 e. The van der Waals surface area contributed by atoms with Crippen LogP contribution in [0.15, 0.2) is 18.2 Å². The van der Waals surface area contributed by atoms with Crippen LogP contribution in [0.2, 0.25) is 0 Å². The summed E-state index contributed by atoms with van der Waals surface area (Å²) >= 11 is 0. The Morgan fingerprint density at radius 1 is 1.30 bits per heavy atom. The van der Waals surface area contributed by atoms with E-state index in [1.54, 1.807) is 18.2 Å². The summed E-state index contributed by atoms with van der Waals surface area (Å²) < 4.78 is 10.9. The predicted molar refractivity (Wildman–Crippen MR) is 77.0 cm³/mol. The molecule has 0 radical (unpaired) electrons. The van der Waals surface area contributed by atoms with Crippen LogP contribution in [0.1, 0.15) is 12.8 Å². The molecule has 2 rings (SSSR count). The Morgan fingerprint density at radius 2 is 2.10 bits per heavy atom. The third-order valence-electron chi connectivity index (χ3n) is 2.79. The fraction of sp³-hybridized carbons (Fsp3) is 0.400. The number of carbonyl (C=O) groups excluding carboxylic acids is 1. The molecule has 0 aromatic heterocycles. The molecule has 0 atom stereocenters. The third kappa shape index (κ3) is 4.18. The summed E-state index contributed by atoms with van der Waals surface area (Å²) in [7, 11) is 0. The van der Waals surface area contributed by atoms with Gasteiger partial charge in [-0.3, -0.25) is 4.79 Å². The van der Waals surface area contributed by atoms with Gasteiger partial charge in [0.25, 0.3) is 0 Å². The highest BCUT2D eigenvalue weighted by Crippen LogP contribution is 2.32. The fourth-order valence-corrected chi connectivity index (χ4v) is 1.84. The Hall–Kier alpha value is -2.19. The van der Waals surface area contributed by atoms with Crippen molar-refractivity contribution in [2.75, 3.05) is 31.6 Å². The molecular formula is C15H18N2O3. The number of hydrogen-bond donors (Lipinski definition) is 2. The molecule has 0 spiro atoms. The molecule has 1 aromatic carbocycles. The zero-order chi connectivity index (χ0) is 14.2. The number of unbranched alkanes of at least 4 members (excludes halogenated alkanes) is 1. The van der Waals surface area contributed by atoms with Crippen molar-refractivity contribution in [1.82, 2.24) is 5.32 Å². The number of rotatable bonds is 6. The number of hydrogen-bond acceptors (Lipinski definition) is 4. The highest BCUT2D eigenvalue weighted by molar-refractivity contribution is 5.92. The van der Waals surface area contributed by atoms with E-state index in [-0.39, 0.29) is 12.5 Å². The summed E-state index contributed by atoms with van der Waals surface area (Å²) in [5.41, 5.74) is 0.699. The molecule has 1 heterocycles. The van der Waals surface area contributed by atoms with E-state index in [1.165, 1.54) is 0 Å². The van der Waals surface area contributed by atoms with Gasteiger partial charge in [0.2, 0.25) is 5.91 Å². The number of nitrogens with one attached hydrogen (secondary N) is 2. The first-order valence-electron chi connectivity index (χ1n) is 6.63. The van der Waals surface area contributed by atoms with Gasteiger partial charge in [-0.1, -0.05) is 0 Å². The van der Waals surface area contributed by atoms with Crippen molar-refractivity contribution < 1.29 is 14.3 Å². The first-order valence-corrected chi connectivity index (χ1v) is 6.63. The van der Waals surface area contributed by atoms with Gasteiger partial charge in [0.1, 0.15) is 13.2 Å². The van der Waals surface area contributed by atoms with Crippen molar-refractivity contribution >= 4 is 11.6 Å². The van der Waals surface area contributed by atoms with Crippen molar-refractivity contribution in [3.05, 3.63) is 18.2 Å². The lowest BCUT2D eigenvalue weighted by atomic mass is 10.2. The lowest BCUT2D eigenvalue weighted by molar-refractivity contribution is -0.115. The summed E-state index contributed by atoms with van der Waals surface area (Å²) in [6, 6.07) is 5.36. The zero-order valence-corrected chi connectivity index (χ0v) is 11.3. The molecule has 106 valence electrons. The molecule has 5 heteroatoms. The van der Waals surface area contributed by atoms with E-state index in [4.69, 9.17) is 15.9 Å². The number of fused-ring (bicyclic) bond motifs is 1. The Balaban J connectivity index is 1.78. The van der Waals surface area contributed by atoms with Gasteiger partial charge in [0, 0.05) is 18.2 Å². The second-order valence-corrected chi connectivity index (χ2v) is 4.39. The van der Waals surface area contributed by atoms with Crippen LogP contribution in [0.25, 0.3) is 0 Å². The van der Waals surface area contributed by atoms with Gasteiger partial charge >= 0.3 is 0 Å². The third-order valence-corrected chi connectivity index (χ3v) is 2.79. The van der Waals surface area contributed by atoms with E-state index >= 15 is 0 Å². The van der Waals surface area contributed by atoms with Crippen LogP contribution in [-0.4, -0.2) is 32.2 Å². The second-order valence-electron chi connectivity index (χ2n) is 4.39. The van der Waals surface area contributed by atoms with Crippen molar-refractivity contribution in [1.29, 1.82) is 0 Å². The van der Waals surface area contributed by atoms with Gasteiger partial charge in [-0.25, -0.2) is 0 Å². The number of benzene rings is 1. The molecule has 1 aliphatic heterocycles. The van der Waals surface area contributed by atoms with Crippen molar-refractivity contribution in [3.63, 3.8) is 0 Å². The predicted octanol–water partition coefficient (Wildman–Crippen LogP) is 1.40. The van der Waals surface area contributed by atoms with Crippen molar-refractivity contribution in [2.45, 2.75) is 12.8 Å². The molecule has 0 saturated heterocycles. The van der Waals surface area contributed by atoms with Crippen LogP contribution in [0.3, 0.4) is 0 Å². The smallest absolute Gasteiger partial charge is 0.238 e. The highest BCUT2D eigenvalue weighted by Gasteiger charge is 2.12. The molecule has 0 saturated carbocycles. The minimum absolute atomic E-state index is 0.0950. The Morgan fingerprint density at radius 3 is 2.90 bits per heavy atom. The number of carbonyl (C=O) groups is 1. The van der Waals surface area contributed by atoms with Gasteiger partial charge in [0.15, 0.2) is 11.5 Å². The SMILES string of the molecule is C#CCCCNCC(=O)Nc1ccc2c(c1)OCCO2. The summed E-state index contributed by atoms with van der Waals surface area (Å²) in [5.74, 6) is 3.84. The Labute approximate surface area is 118 Å². The average molecular weight is 274 g/mol. The van der Waals surface area contributed by atoms with E-state index in [0.717, 1.165) is 19.4 Å². The molecule has 0 unspecified atom stereocenters. The van der Waals surface area contributed by atoms with Crippen LogP contribution >= 0.6 is 0 Å². The minimum atomic E-state index is -0.0950. The normalized spacial score (nSPS) is 12.6. The van der Waals surface area contributed by atoms with Gasteiger partial charge in [0.05, 0.1) is 6.54 Å². The standard InChI is InChI=1S/C15H18N2O3/c1-2-3-4-7-16-11-15(18)17-12-5-6-13-14(10-12)20-9-8-19-13/h1,5-6,10,16H,3-4,7-9,11H2,(H,17,18). The molecular weight excluding hydrogens is 256 g/mol. The quantitative estimate of drug-likeness (QED) is 0.608. The number of amides is 1. The fourth-order valence-electron chi connectivity index (χ4n) is 1.84. The van der Waals surface area contributed by atoms with Crippen molar-refractivity contribution in [3.8, 4) is 23.8 Å². The van der Waals surface area contributed by atoms with E-state index < -0.39 is 0 Å². The zero-order valence-electron chi connectivity index (χ0n) is 11.3. The average Bonchev–Trinajstić information content (AvgIpc) is 2.47. The topological polar surface area (TPSA) is 59.6 Å². The van der Waals surface area contributed by atoms with Crippen LogP contribution < -0.4 is 20.1 Å². The summed E-state index contributed by atoms with van der Waals surface area (Å²) in [6.07, 6.45) is 6.74. The molecule has 1 amide bonds.